The highest BCUT2D eigenvalue weighted by Gasteiger charge is 2.11. The van der Waals surface area contributed by atoms with Gasteiger partial charge in [0.1, 0.15) is 12.4 Å². The van der Waals surface area contributed by atoms with Crippen LogP contribution in [0.5, 0.6) is 11.5 Å². The molecule has 0 atom stereocenters. The van der Waals surface area contributed by atoms with Gasteiger partial charge in [0, 0.05) is 18.0 Å². The van der Waals surface area contributed by atoms with Gasteiger partial charge in [0.25, 0.3) is 5.91 Å². The van der Waals surface area contributed by atoms with Crippen molar-refractivity contribution in [1.82, 2.24) is 10.7 Å². The Hall–Kier alpha value is -3.91. The van der Waals surface area contributed by atoms with Crippen molar-refractivity contribution in [2.75, 3.05) is 13.2 Å². The Balaban J connectivity index is 1.49. The molecule has 0 fully saturated rings. The molecule has 0 aliphatic carbocycles. The van der Waals surface area contributed by atoms with Gasteiger partial charge in [0.2, 0.25) is 5.91 Å². The van der Waals surface area contributed by atoms with Gasteiger partial charge in [-0.1, -0.05) is 35.9 Å². The van der Waals surface area contributed by atoms with Crippen molar-refractivity contribution in [3.8, 4) is 11.5 Å². The molecule has 0 spiro atoms. The molecule has 7 nitrogen and oxygen atoms in total. The van der Waals surface area contributed by atoms with E-state index >= 15 is 0 Å². The minimum Gasteiger partial charge on any atom is -0.490 e. The summed E-state index contributed by atoms with van der Waals surface area (Å²) in [5, 5.41) is 7.10. The first-order valence-corrected chi connectivity index (χ1v) is 11.3. The molecular formula is C26H25ClFN3O4. The second kappa shape index (κ2) is 13.1. The lowest BCUT2D eigenvalue weighted by Crippen LogP contribution is -2.29. The maximum Gasteiger partial charge on any atom is 0.254 e. The van der Waals surface area contributed by atoms with Crippen LogP contribution in [0.2, 0.25) is 5.02 Å². The van der Waals surface area contributed by atoms with Crippen LogP contribution in [0.1, 0.15) is 34.8 Å². The molecule has 0 aromatic heterocycles. The highest BCUT2D eigenvalue weighted by Crippen LogP contribution is 2.29. The van der Waals surface area contributed by atoms with Crippen LogP contribution in [0.15, 0.2) is 71.8 Å². The van der Waals surface area contributed by atoms with Crippen LogP contribution in [0.3, 0.4) is 0 Å². The Morgan fingerprint density at radius 2 is 1.80 bits per heavy atom. The molecule has 0 radical (unpaired) electrons. The zero-order chi connectivity index (χ0) is 25.0. The molecule has 0 aliphatic heterocycles. The van der Waals surface area contributed by atoms with E-state index in [2.05, 4.69) is 15.8 Å². The van der Waals surface area contributed by atoms with E-state index in [0.717, 1.165) is 5.56 Å². The average Bonchev–Trinajstić information content (AvgIpc) is 2.85. The molecule has 0 unspecified atom stereocenters. The minimum absolute atomic E-state index is 0.0147. The Morgan fingerprint density at radius 3 is 2.54 bits per heavy atom. The Kier molecular flexibility index (Phi) is 9.62. The highest BCUT2D eigenvalue weighted by atomic mass is 35.5. The highest BCUT2D eigenvalue weighted by molar-refractivity contribution is 6.30. The van der Waals surface area contributed by atoms with E-state index in [-0.39, 0.29) is 18.5 Å². The van der Waals surface area contributed by atoms with Crippen molar-refractivity contribution in [1.29, 1.82) is 0 Å². The van der Waals surface area contributed by atoms with Gasteiger partial charge < -0.3 is 14.8 Å². The van der Waals surface area contributed by atoms with Crippen LogP contribution in [0, 0.1) is 5.82 Å². The fourth-order valence-corrected chi connectivity index (χ4v) is 3.13. The molecule has 0 aliphatic rings. The number of hydrazone groups is 1. The van der Waals surface area contributed by atoms with Gasteiger partial charge in [-0.05, 0) is 60.5 Å². The number of hydrogen-bond donors (Lipinski definition) is 2. The number of benzene rings is 3. The lowest BCUT2D eigenvalue weighted by atomic mass is 10.2. The number of carbonyl (C=O) groups is 2. The average molecular weight is 498 g/mol. The molecule has 182 valence electrons. The molecule has 35 heavy (non-hydrogen) atoms. The minimum atomic E-state index is -0.619. The topological polar surface area (TPSA) is 89.0 Å². The predicted molar refractivity (Wildman–Crippen MR) is 132 cm³/mol. The van der Waals surface area contributed by atoms with Crippen molar-refractivity contribution in [3.05, 3.63) is 94.3 Å². The summed E-state index contributed by atoms with van der Waals surface area (Å²) in [5.74, 6) is -0.475. The van der Waals surface area contributed by atoms with Crippen LogP contribution in [-0.2, 0) is 11.4 Å². The van der Waals surface area contributed by atoms with E-state index in [9.17, 15) is 14.0 Å². The SMILES string of the molecule is CCOc1cc(C=NNC(=O)CCNC(=O)c2ccccc2F)ccc1OCc1ccc(Cl)cc1. The maximum absolute atomic E-state index is 13.6. The van der Waals surface area contributed by atoms with Crippen LogP contribution in [-0.4, -0.2) is 31.2 Å². The summed E-state index contributed by atoms with van der Waals surface area (Å²) in [5.41, 5.74) is 3.99. The molecule has 0 bridgehead atoms. The molecule has 0 saturated carbocycles. The molecule has 3 aromatic carbocycles. The maximum atomic E-state index is 13.6. The third-order valence-electron chi connectivity index (χ3n) is 4.73. The normalized spacial score (nSPS) is 10.7. The molecule has 3 aromatic rings. The third kappa shape index (κ3) is 8.12. The summed E-state index contributed by atoms with van der Waals surface area (Å²) in [4.78, 5) is 23.9. The molecule has 3 rings (SSSR count). The monoisotopic (exact) mass is 497 g/mol. The zero-order valence-electron chi connectivity index (χ0n) is 19.1. The van der Waals surface area contributed by atoms with E-state index in [4.69, 9.17) is 21.1 Å². The summed E-state index contributed by atoms with van der Waals surface area (Å²) in [6.07, 6.45) is 1.46. The van der Waals surface area contributed by atoms with Gasteiger partial charge >= 0.3 is 0 Å². The fraction of sp³-hybridized carbons (Fsp3) is 0.192. The first-order chi connectivity index (χ1) is 17.0. The number of amides is 2. The summed E-state index contributed by atoms with van der Waals surface area (Å²) in [7, 11) is 0. The fourth-order valence-electron chi connectivity index (χ4n) is 3.00. The van der Waals surface area contributed by atoms with E-state index in [1.807, 2.05) is 19.1 Å². The Labute approximate surface area is 207 Å². The summed E-state index contributed by atoms with van der Waals surface area (Å²) >= 11 is 5.91. The summed E-state index contributed by atoms with van der Waals surface area (Å²) in [6, 6.07) is 18.3. The van der Waals surface area contributed by atoms with Crippen molar-refractivity contribution in [3.63, 3.8) is 0 Å². The Bertz CT molecular complexity index is 1190. The third-order valence-corrected chi connectivity index (χ3v) is 4.99. The number of hydrogen-bond acceptors (Lipinski definition) is 5. The number of rotatable bonds is 11. The van der Waals surface area contributed by atoms with E-state index < -0.39 is 17.6 Å². The quantitative estimate of drug-likeness (QED) is 0.296. The smallest absolute Gasteiger partial charge is 0.254 e. The second-order valence-electron chi connectivity index (χ2n) is 7.33. The van der Waals surface area contributed by atoms with Gasteiger partial charge in [-0.2, -0.15) is 5.10 Å². The largest absolute Gasteiger partial charge is 0.490 e. The van der Waals surface area contributed by atoms with Crippen LogP contribution in [0.4, 0.5) is 4.39 Å². The van der Waals surface area contributed by atoms with Crippen molar-refractivity contribution in [2.45, 2.75) is 20.0 Å². The van der Waals surface area contributed by atoms with E-state index in [1.54, 1.807) is 36.4 Å². The summed E-state index contributed by atoms with van der Waals surface area (Å²) in [6.45, 7) is 2.72. The van der Waals surface area contributed by atoms with Crippen LogP contribution >= 0.6 is 11.6 Å². The second-order valence-corrected chi connectivity index (χ2v) is 7.77. The van der Waals surface area contributed by atoms with Crippen molar-refractivity contribution >= 4 is 29.6 Å². The molecule has 9 heteroatoms. The van der Waals surface area contributed by atoms with E-state index in [1.165, 1.54) is 24.4 Å². The number of ether oxygens (including phenoxy) is 2. The first-order valence-electron chi connectivity index (χ1n) is 10.9. The Morgan fingerprint density at radius 1 is 1.03 bits per heavy atom. The standard InChI is InChI=1S/C26H25ClFN3O4/c1-2-34-24-15-19(9-12-23(24)35-17-18-7-10-20(27)11-8-18)16-30-31-25(32)13-14-29-26(33)21-5-3-4-6-22(21)28/h3-12,15-16H,2,13-14,17H2,1H3,(H,29,33)(H,31,32). The van der Waals surface area contributed by atoms with Crippen LogP contribution < -0.4 is 20.2 Å². The molecule has 0 heterocycles. The molecule has 2 amide bonds. The van der Waals surface area contributed by atoms with Gasteiger partial charge in [0.05, 0.1) is 18.4 Å². The van der Waals surface area contributed by atoms with Crippen LogP contribution in [0.25, 0.3) is 0 Å². The lowest BCUT2D eigenvalue weighted by molar-refractivity contribution is -0.120. The predicted octanol–water partition coefficient (Wildman–Crippen LogP) is 4.73. The van der Waals surface area contributed by atoms with Gasteiger partial charge in [0.15, 0.2) is 11.5 Å². The number of nitrogens with one attached hydrogen (secondary N) is 2. The van der Waals surface area contributed by atoms with Gasteiger partial charge in [-0.15, -0.1) is 0 Å². The first kappa shape index (κ1) is 25.7. The van der Waals surface area contributed by atoms with Crippen molar-refractivity contribution in [2.24, 2.45) is 5.10 Å². The van der Waals surface area contributed by atoms with Crippen molar-refractivity contribution < 1.29 is 23.5 Å². The van der Waals surface area contributed by atoms with Gasteiger partial charge in [-0.25, -0.2) is 9.82 Å². The molecular weight excluding hydrogens is 473 g/mol. The number of nitrogens with zero attached hydrogens (tertiary/aromatic N) is 1. The summed E-state index contributed by atoms with van der Waals surface area (Å²) < 4.78 is 25.2. The number of halogens is 2. The molecule has 2 N–H and O–H groups in total. The lowest BCUT2D eigenvalue weighted by Gasteiger charge is -2.12. The zero-order valence-corrected chi connectivity index (χ0v) is 19.8. The van der Waals surface area contributed by atoms with Gasteiger partial charge in [-0.3, -0.25) is 9.59 Å². The molecule has 0 saturated heterocycles. The number of carbonyl (C=O) groups excluding carboxylic acids is 2. The van der Waals surface area contributed by atoms with E-state index in [0.29, 0.717) is 35.3 Å².